The molecule has 0 aliphatic carbocycles. The molecule has 0 spiro atoms. The lowest BCUT2D eigenvalue weighted by molar-refractivity contribution is -0.153. The number of halogens is 3. The third-order valence-electron chi connectivity index (χ3n) is 1.78. The zero-order chi connectivity index (χ0) is 13.8. The van der Waals surface area contributed by atoms with Gasteiger partial charge in [-0.15, -0.1) is 5.10 Å². The van der Waals surface area contributed by atoms with Crippen LogP contribution in [-0.2, 0) is 11.3 Å². The van der Waals surface area contributed by atoms with Crippen LogP contribution in [-0.4, -0.2) is 44.7 Å². The van der Waals surface area contributed by atoms with E-state index in [4.69, 9.17) is 5.11 Å². The number of hydrogen-bond acceptors (Lipinski definition) is 4. The molecule has 1 amide bonds. The van der Waals surface area contributed by atoms with Crippen LogP contribution in [0.25, 0.3) is 0 Å². The molecule has 0 fully saturated rings. The minimum absolute atomic E-state index is 0.0316. The van der Waals surface area contributed by atoms with Gasteiger partial charge in [-0.2, -0.15) is 13.2 Å². The molecule has 1 rings (SSSR count). The van der Waals surface area contributed by atoms with Crippen LogP contribution >= 0.6 is 0 Å². The van der Waals surface area contributed by atoms with Crippen molar-refractivity contribution < 1.29 is 27.9 Å². The van der Waals surface area contributed by atoms with Crippen LogP contribution in [0.3, 0.4) is 0 Å². The van der Waals surface area contributed by atoms with Crippen molar-refractivity contribution in [2.24, 2.45) is 0 Å². The molecule has 0 atom stereocenters. The molecule has 1 aromatic rings. The second-order valence-corrected chi connectivity index (χ2v) is 3.31. The van der Waals surface area contributed by atoms with Crippen LogP contribution in [0.4, 0.5) is 13.2 Å². The van der Waals surface area contributed by atoms with E-state index >= 15 is 0 Å². The topological polar surface area (TPSA) is 97.1 Å². The molecule has 0 saturated carbocycles. The van der Waals surface area contributed by atoms with Crippen LogP contribution in [0, 0.1) is 0 Å². The van der Waals surface area contributed by atoms with Gasteiger partial charge in [-0.1, -0.05) is 5.21 Å². The van der Waals surface area contributed by atoms with Gasteiger partial charge in [-0.25, -0.2) is 9.48 Å². The second kappa shape index (κ2) is 5.47. The van der Waals surface area contributed by atoms with Gasteiger partial charge in [0.25, 0.3) is 0 Å². The van der Waals surface area contributed by atoms with Crippen molar-refractivity contribution >= 4 is 11.9 Å². The molecule has 1 aromatic heterocycles. The van der Waals surface area contributed by atoms with Crippen LogP contribution < -0.4 is 5.32 Å². The van der Waals surface area contributed by atoms with E-state index in [1.165, 1.54) is 0 Å². The van der Waals surface area contributed by atoms with Crippen molar-refractivity contribution in [2.75, 3.05) is 6.54 Å². The summed E-state index contributed by atoms with van der Waals surface area (Å²) < 4.78 is 36.5. The Kier molecular flexibility index (Phi) is 4.23. The summed E-state index contributed by atoms with van der Waals surface area (Å²) in [5.74, 6) is -2.41. The molecule has 0 aromatic carbocycles. The van der Waals surface area contributed by atoms with Gasteiger partial charge in [0.1, 0.15) is 6.42 Å². The number of carbonyl (C=O) groups excluding carboxylic acids is 1. The summed E-state index contributed by atoms with van der Waals surface area (Å²) in [6.07, 6.45) is -4.99. The highest BCUT2D eigenvalue weighted by atomic mass is 19.4. The molecule has 100 valence electrons. The summed E-state index contributed by atoms with van der Waals surface area (Å²) in [7, 11) is 0. The van der Waals surface area contributed by atoms with E-state index in [9.17, 15) is 22.8 Å². The molecule has 0 aliphatic heterocycles. The number of alkyl halides is 3. The Bertz CT molecular complexity index is 443. The fourth-order valence-electron chi connectivity index (χ4n) is 1.06. The van der Waals surface area contributed by atoms with Crippen molar-refractivity contribution in [3.05, 3.63) is 11.9 Å². The zero-order valence-corrected chi connectivity index (χ0v) is 8.94. The predicted molar refractivity (Wildman–Crippen MR) is 50.7 cm³/mol. The highest BCUT2D eigenvalue weighted by molar-refractivity contribution is 5.84. The van der Waals surface area contributed by atoms with E-state index < -0.39 is 24.5 Å². The number of aromatic carboxylic acids is 1. The molecule has 0 saturated heterocycles. The third-order valence-corrected chi connectivity index (χ3v) is 1.78. The van der Waals surface area contributed by atoms with E-state index in [0.717, 1.165) is 10.9 Å². The molecule has 18 heavy (non-hydrogen) atoms. The van der Waals surface area contributed by atoms with Crippen molar-refractivity contribution in [1.29, 1.82) is 0 Å². The lowest BCUT2D eigenvalue weighted by Crippen LogP contribution is -2.31. The SMILES string of the molecule is O=C(CC(F)(F)F)NCCn1cc(C(=O)O)nn1. The summed E-state index contributed by atoms with van der Waals surface area (Å²) in [4.78, 5) is 21.2. The first kappa shape index (κ1) is 13.9. The maximum atomic E-state index is 11.8. The average molecular weight is 266 g/mol. The first-order chi connectivity index (χ1) is 8.28. The number of nitrogens with one attached hydrogen (secondary N) is 1. The van der Waals surface area contributed by atoms with E-state index in [1.807, 2.05) is 5.32 Å². The van der Waals surface area contributed by atoms with Crippen LogP contribution in [0.2, 0.25) is 0 Å². The van der Waals surface area contributed by atoms with Gasteiger partial charge < -0.3 is 10.4 Å². The molecule has 7 nitrogen and oxygen atoms in total. The largest absolute Gasteiger partial charge is 0.476 e. The monoisotopic (exact) mass is 266 g/mol. The Morgan fingerprint density at radius 3 is 2.61 bits per heavy atom. The Morgan fingerprint density at radius 2 is 2.11 bits per heavy atom. The fraction of sp³-hybridized carbons (Fsp3) is 0.500. The molecule has 0 aliphatic rings. The molecule has 0 bridgehead atoms. The number of aromatic nitrogens is 3. The van der Waals surface area contributed by atoms with E-state index in [-0.39, 0.29) is 18.8 Å². The normalized spacial score (nSPS) is 11.3. The van der Waals surface area contributed by atoms with E-state index in [2.05, 4.69) is 10.3 Å². The van der Waals surface area contributed by atoms with Gasteiger partial charge in [0.05, 0.1) is 12.7 Å². The molecular weight excluding hydrogens is 257 g/mol. The molecule has 1 heterocycles. The van der Waals surface area contributed by atoms with Crippen LogP contribution in [0.5, 0.6) is 0 Å². The summed E-state index contributed by atoms with van der Waals surface area (Å²) in [6.45, 7) is -0.0682. The summed E-state index contributed by atoms with van der Waals surface area (Å²) in [6, 6.07) is 0. The third kappa shape index (κ3) is 4.80. The quantitative estimate of drug-likeness (QED) is 0.784. The standard InChI is InChI=1S/C8H9F3N4O3/c9-8(10,11)3-6(16)12-1-2-15-4-5(7(17)18)13-14-15/h4H,1-3H2,(H,12,16)(H,17,18). The Hall–Kier alpha value is -2.13. The van der Waals surface area contributed by atoms with E-state index in [0.29, 0.717) is 0 Å². The average Bonchev–Trinajstić information content (AvgIpc) is 2.63. The smallest absolute Gasteiger partial charge is 0.397 e. The fourth-order valence-corrected chi connectivity index (χ4v) is 1.06. The van der Waals surface area contributed by atoms with E-state index in [1.54, 1.807) is 0 Å². The molecule has 10 heteroatoms. The molecule has 2 N–H and O–H groups in total. The number of carboxylic acids is 1. The number of carbonyl (C=O) groups is 2. The van der Waals surface area contributed by atoms with Gasteiger partial charge in [-0.3, -0.25) is 4.79 Å². The maximum absolute atomic E-state index is 11.8. The summed E-state index contributed by atoms with van der Waals surface area (Å²) in [5.41, 5.74) is -0.281. The summed E-state index contributed by atoms with van der Waals surface area (Å²) in [5, 5.41) is 17.3. The minimum atomic E-state index is -4.55. The number of nitrogens with zero attached hydrogens (tertiary/aromatic N) is 3. The Balaban J connectivity index is 2.33. The van der Waals surface area contributed by atoms with Gasteiger partial charge in [0.15, 0.2) is 5.69 Å². The van der Waals surface area contributed by atoms with Crippen molar-refractivity contribution in [3.8, 4) is 0 Å². The highest BCUT2D eigenvalue weighted by Crippen LogP contribution is 2.18. The number of rotatable bonds is 5. The number of hydrogen-bond donors (Lipinski definition) is 2. The summed E-state index contributed by atoms with van der Waals surface area (Å²) >= 11 is 0. The second-order valence-electron chi connectivity index (χ2n) is 3.31. The minimum Gasteiger partial charge on any atom is -0.476 e. The van der Waals surface area contributed by atoms with Gasteiger partial charge in [0.2, 0.25) is 5.91 Å². The number of amides is 1. The first-order valence-corrected chi connectivity index (χ1v) is 4.75. The van der Waals surface area contributed by atoms with Crippen LogP contribution in [0.15, 0.2) is 6.20 Å². The Morgan fingerprint density at radius 1 is 1.44 bits per heavy atom. The molecular formula is C8H9F3N4O3. The van der Waals surface area contributed by atoms with Crippen molar-refractivity contribution in [2.45, 2.75) is 19.1 Å². The first-order valence-electron chi connectivity index (χ1n) is 4.75. The highest BCUT2D eigenvalue weighted by Gasteiger charge is 2.30. The van der Waals surface area contributed by atoms with Crippen molar-refractivity contribution in [1.82, 2.24) is 20.3 Å². The van der Waals surface area contributed by atoms with Gasteiger partial charge in [0, 0.05) is 6.54 Å². The molecule has 0 unspecified atom stereocenters. The number of carboxylic acid groups (broad SMARTS) is 1. The van der Waals surface area contributed by atoms with Gasteiger partial charge >= 0.3 is 12.1 Å². The van der Waals surface area contributed by atoms with Crippen molar-refractivity contribution in [3.63, 3.8) is 0 Å². The van der Waals surface area contributed by atoms with Crippen LogP contribution in [0.1, 0.15) is 16.9 Å². The predicted octanol–water partition coefficient (Wildman–Crippen LogP) is 0.0449. The Labute approximate surface area is 98.6 Å². The maximum Gasteiger partial charge on any atom is 0.397 e. The molecule has 0 radical (unpaired) electrons. The van der Waals surface area contributed by atoms with Gasteiger partial charge in [-0.05, 0) is 0 Å². The lowest BCUT2D eigenvalue weighted by Gasteiger charge is -2.07. The lowest BCUT2D eigenvalue weighted by atomic mass is 10.4. The zero-order valence-electron chi connectivity index (χ0n) is 8.94.